The van der Waals surface area contributed by atoms with Crippen LogP contribution in [0.2, 0.25) is 5.31 Å². The molecule has 1 saturated heterocycles. The summed E-state index contributed by atoms with van der Waals surface area (Å²) in [6, 6.07) is 0. The number of piperidine rings is 1. The number of rotatable bonds is 1. The van der Waals surface area contributed by atoms with Crippen molar-refractivity contribution in [3.63, 3.8) is 0 Å². The Hall–Kier alpha value is 0.761. The van der Waals surface area contributed by atoms with Crippen molar-refractivity contribution in [3.8, 4) is 0 Å². The number of hydrogen-bond donors (Lipinski definition) is 0. The number of carbonyl (C=O) groups is 1. The molecule has 1 aliphatic heterocycles. The largest absolute Gasteiger partial charge is 1.00 e. The van der Waals surface area contributed by atoms with Gasteiger partial charge in [0.1, 0.15) is 5.60 Å². The Morgan fingerprint density at radius 3 is 2.42 bits per heavy atom. The van der Waals surface area contributed by atoms with Crippen molar-refractivity contribution in [2.24, 2.45) is 5.92 Å². The van der Waals surface area contributed by atoms with Gasteiger partial charge in [-0.25, -0.2) is 4.79 Å². The van der Waals surface area contributed by atoms with Gasteiger partial charge >= 0.3 is 64.5 Å². The summed E-state index contributed by atoms with van der Waals surface area (Å²) >= 11 is 0. The van der Waals surface area contributed by atoms with Crippen LogP contribution in [0, 0.1) is 5.92 Å². The molecule has 8 heteroatoms. The van der Waals surface area contributed by atoms with Gasteiger partial charge in [-0.2, -0.15) is 0 Å². The predicted octanol–water partition coefficient (Wildman–Crippen LogP) is 0.239. The van der Waals surface area contributed by atoms with Crippen LogP contribution in [-0.4, -0.2) is 36.7 Å². The Balaban J connectivity index is 0.00000180. The second-order valence-electron chi connectivity index (χ2n) is 6.40. The van der Waals surface area contributed by atoms with Crippen LogP contribution in [0.4, 0.5) is 17.7 Å². The third-order valence-electron chi connectivity index (χ3n) is 3.82. The van der Waals surface area contributed by atoms with Gasteiger partial charge in [0.05, 0.1) is 0 Å². The van der Waals surface area contributed by atoms with Crippen molar-refractivity contribution < 1.29 is 73.9 Å². The maximum Gasteiger partial charge on any atom is 1.00 e. The SMILES string of the molecule is CC(C)(C)OC(=O)N1CCC2CC2([B-](F)(F)F)C1.[K+]. The first-order valence-corrected chi connectivity index (χ1v) is 6.22. The number of fused-ring (bicyclic) bond motifs is 1. The molecule has 104 valence electrons. The zero-order valence-corrected chi connectivity index (χ0v) is 15.0. The van der Waals surface area contributed by atoms with E-state index in [0.717, 1.165) is 0 Å². The zero-order chi connectivity index (χ0) is 13.8. The Morgan fingerprint density at radius 2 is 1.95 bits per heavy atom. The van der Waals surface area contributed by atoms with Crippen LogP contribution in [0.15, 0.2) is 0 Å². The van der Waals surface area contributed by atoms with Crippen molar-refractivity contribution in [2.45, 2.75) is 44.5 Å². The van der Waals surface area contributed by atoms with E-state index in [1.165, 1.54) is 4.90 Å². The van der Waals surface area contributed by atoms with Crippen LogP contribution in [0.25, 0.3) is 0 Å². The molecule has 0 aromatic carbocycles. The molecular formula is C11H18BF3KNO2. The minimum Gasteiger partial charge on any atom is -0.448 e. The molecule has 2 unspecified atom stereocenters. The molecule has 2 rings (SSSR count). The summed E-state index contributed by atoms with van der Waals surface area (Å²) in [4.78, 5) is 13.0. The monoisotopic (exact) mass is 303 g/mol. The van der Waals surface area contributed by atoms with E-state index >= 15 is 0 Å². The molecule has 1 saturated carbocycles. The number of likely N-dealkylation sites (tertiary alicyclic amines) is 1. The summed E-state index contributed by atoms with van der Waals surface area (Å²) in [5.74, 6) is -0.281. The standard InChI is InChI=1S/C11H18BF3NO2.K/c1-10(2,3)18-9(17)16-5-4-8-6-11(8,7-16)12(13,14)15;/h8H,4-7H2,1-3H3;/q-1;+1. The number of nitrogens with zero attached hydrogens (tertiary/aromatic N) is 1. The first-order valence-electron chi connectivity index (χ1n) is 6.22. The van der Waals surface area contributed by atoms with Crippen molar-refractivity contribution in [2.75, 3.05) is 13.1 Å². The molecule has 1 amide bonds. The number of carbonyl (C=O) groups excluding carboxylic acids is 1. The maximum atomic E-state index is 13.0. The van der Waals surface area contributed by atoms with Gasteiger partial charge in [-0.05, 0) is 32.5 Å². The first kappa shape index (κ1) is 17.8. The summed E-state index contributed by atoms with van der Waals surface area (Å²) in [6.45, 7) is 0.373. The van der Waals surface area contributed by atoms with Crippen LogP contribution in [-0.2, 0) is 4.74 Å². The molecule has 0 aromatic rings. The van der Waals surface area contributed by atoms with Gasteiger partial charge < -0.3 is 22.6 Å². The summed E-state index contributed by atoms with van der Waals surface area (Å²) in [5, 5.41) is -1.60. The van der Waals surface area contributed by atoms with Gasteiger partial charge in [-0.3, -0.25) is 0 Å². The van der Waals surface area contributed by atoms with Crippen molar-refractivity contribution >= 4 is 13.1 Å². The van der Waals surface area contributed by atoms with E-state index in [0.29, 0.717) is 13.0 Å². The molecule has 0 radical (unpaired) electrons. The molecule has 2 fully saturated rings. The molecule has 19 heavy (non-hydrogen) atoms. The van der Waals surface area contributed by atoms with Gasteiger partial charge in [0.15, 0.2) is 0 Å². The Labute approximate surface area is 154 Å². The molecule has 1 aliphatic carbocycles. The third-order valence-corrected chi connectivity index (χ3v) is 3.82. The fourth-order valence-electron chi connectivity index (χ4n) is 2.72. The summed E-state index contributed by atoms with van der Waals surface area (Å²) in [7, 11) is 0. The smallest absolute Gasteiger partial charge is 0.448 e. The second-order valence-corrected chi connectivity index (χ2v) is 6.40. The van der Waals surface area contributed by atoms with Crippen LogP contribution in [0.3, 0.4) is 0 Å². The summed E-state index contributed by atoms with van der Waals surface area (Å²) in [5.41, 5.74) is -0.673. The van der Waals surface area contributed by atoms with Gasteiger partial charge in [0.2, 0.25) is 0 Å². The normalized spacial score (nSPS) is 30.2. The van der Waals surface area contributed by atoms with Crippen molar-refractivity contribution in [1.82, 2.24) is 4.90 Å². The zero-order valence-electron chi connectivity index (χ0n) is 11.9. The molecule has 2 atom stereocenters. The molecular weight excluding hydrogens is 285 g/mol. The van der Waals surface area contributed by atoms with Crippen LogP contribution < -0.4 is 51.4 Å². The van der Waals surface area contributed by atoms with Crippen LogP contribution in [0.1, 0.15) is 33.6 Å². The predicted molar refractivity (Wildman–Crippen MR) is 62.3 cm³/mol. The summed E-state index contributed by atoms with van der Waals surface area (Å²) < 4.78 is 44.2. The third kappa shape index (κ3) is 3.70. The quantitative estimate of drug-likeness (QED) is 0.650. The molecule has 1 heterocycles. The van der Waals surface area contributed by atoms with E-state index in [1.807, 2.05) is 0 Å². The molecule has 2 aliphatic rings. The van der Waals surface area contributed by atoms with Gasteiger partial charge in [0, 0.05) is 13.1 Å². The topological polar surface area (TPSA) is 29.5 Å². The fourth-order valence-corrected chi connectivity index (χ4v) is 2.72. The van der Waals surface area contributed by atoms with E-state index < -0.39 is 24.0 Å². The van der Waals surface area contributed by atoms with Gasteiger partial charge in [-0.15, -0.1) is 0 Å². The van der Waals surface area contributed by atoms with Crippen molar-refractivity contribution in [1.29, 1.82) is 0 Å². The molecule has 0 bridgehead atoms. The van der Waals surface area contributed by atoms with E-state index in [2.05, 4.69) is 0 Å². The number of ether oxygens (including phenoxy) is 1. The Kier molecular flexibility index (Phi) is 5.17. The van der Waals surface area contributed by atoms with Crippen LogP contribution in [0.5, 0.6) is 0 Å². The molecule has 3 nitrogen and oxygen atoms in total. The average Bonchev–Trinajstić information content (AvgIpc) is 2.87. The van der Waals surface area contributed by atoms with Crippen molar-refractivity contribution in [3.05, 3.63) is 0 Å². The second kappa shape index (κ2) is 5.51. The molecule has 0 aromatic heterocycles. The number of hydrogen-bond acceptors (Lipinski definition) is 2. The molecule has 0 N–H and O–H groups in total. The van der Waals surface area contributed by atoms with E-state index in [1.54, 1.807) is 20.8 Å². The minimum atomic E-state index is -4.89. The first-order chi connectivity index (χ1) is 8.05. The maximum absolute atomic E-state index is 13.0. The number of amides is 1. The summed E-state index contributed by atoms with van der Waals surface area (Å²) in [6.07, 6.45) is -0.0247. The average molecular weight is 303 g/mol. The van der Waals surface area contributed by atoms with E-state index in [-0.39, 0.29) is 70.3 Å². The van der Waals surface area contributed by atoms with E-state index in [9.17, 15) is 17.7 Å². The minimum absolute atomic E-state index is 0. The van der Waals surface area contributed by atoms with Gasteiger partial charge in [0.25, 0.3) is 0 Å². The van der Waals surface area contributed by atoms with Gasteiger partial charge in [-0.1, -0.05) is 12.3 Å². The van der Waals surface area contributed by atoms with E-state index in [4.69, 9.17) is 4.74 Å². The Morgan fingerprint density at radius 1 is 1.37 bits per heavy atom. The number of halogens is 3. The molecule has 0 spiro atoms. The fraction of sp³-hybridized carbons (Fsp3) is 0.909. The van der Waals surface area contributed by atoms with Crippen LogP contribution >= 0.6 is 0 Å². The Bertz CT molecular complexity index is 372.